The maximum Gasteiger partial charge on any atom is 0.258 e. The third-order valence-electron chi connectivity index (χ3n) is 3.48. The topological polar surface area (TPSA) is 90.2 Å². The minimum atomic E-state index is -1.56. The zero-order chi connectivity index (χ0) is 15.8. The Kier molecular flexibility index (Phi) is 3.75. The number of carbonyl (C=O) groups is 2. The number of nitrogens with zero attached hydrogens (tertiary/aromatic N) is 1. The molecule has 2 N–H and O–H groups in total. The Morgan fingerprint density at radius 1 is 1.52 bits per heavy atom. The normalized spacial score (nSPS) is 20.8. The number of aliphatic hydroxyl groups is 1. The molecule has 0 unspecified atom stereocenters. The van der Waals surface area contributed by atoms with Gasteiger partial charge in [0.1, 0.15) is 16.7 Å². The summed E-state index contributed by atoms with van der Waals surface area (Å²) in [6.07, 6.45) is 0. The Labute approximate surface area is 126 Å². The zero-order valence-electron chi connectivity index (χ0n) is 11.5. The molecule has 0 radical (unpaired) electrons. The van der Waals surface area contributed by atoms with Crippen LogP contribution in [0.15, 0.2) is 23.8 Å². The number of benzene rings is 1. The van der Waals surface area contributed by atoms with E-state index in [-0.39, 0.29) is 5.56 Å². The molecule has 0 aliphatic heterocycles. The number of halogens is 1. The Balaban J connectivity index is 2.77. The minimum Gasteiger partial charge on any atom is -0.506 e. The zero-order valence-corrected chi connectivity index (χ0v) is 12.3. The molecule has 0 bridgehead atoms. The number of Topliss-reactive ketones (excluding diaryl/α,β-unsaturated/α-hetero) is 1. The first-order valence-electron chi connectivity index (χ1n) is 6.34. The van der Waals surface area contributed by atoms with Crippen LogP contribution in [-0.2, 0) is 15.0 Å². The highest BCUT2D eigenvalue weighted by Crippen LogP contribution is 2.40. The fourth-order valence-corrected chi connectivity index (χ4v) is 2.49. The van der Waals surface area contributed by atoms with E-state index in [1.165, 1.54) is 25.1 Å². The van der Waals surface area contributed by atoms with Crippen molar-refractivity contribution in [2.24, 2.45) is 0 Å². The van der Waals surface area contributed by atoms with E-state index in [1.807, 2.05) is 6.07 Å². The molecule has 1 aliphatic rings. The Morgan fingerprint density at radius 3 is 2.76 bits per heavy atom. The second-order valence-corrected chi connectivity index (χ2v) is 5.28. The van der Waals surface area contributed by atoms with E-state index >= 15 is 0 Å². The maximum absolute atomic E-state index is 12.5. The van der Waals surface area contributed by atoms with Gasteiger partial charge in [-0.25, -0.2) is 0 Å². The lowest BCUT2D eigenvalue weighted by Crippen LogP contribution is -2.42. The molecule has 108 valence electrons. The van der Waals surface area contributed by atoms with Crippen LogP contribution in [-0.4, -0.2) is 23.3 Å². The van der Waals surface area contributed by atoms with Crippen LogP contribution in [0.1, 0.15) is 25.0 Å². The molecule has 0 heterocycles. The Bertz CT molecular complexity index is 718. The second-order valence-electron chi connectivity index (χ2n) is 4.84. The summed E-state index contributed by atoms with van der Waals surface area (Å²) >= 11 is 5.91. The highest BCUT2D eigenvalue weighted by atomic mass is 35.5. The van der Waals surface area contributed by atoms with Gasteiger partial charge in [-0.15, -0.1) is 0 Å². The number of carbonyl (C=O) groups excluding carboxylic acids is 2. The quantitative estimate of drug-likeness (QED) is 0.819. The van der Waals surface area contributed by atoms with Gasteiger partial charge in [-0.2, -0.15) is 5.26 Å². The maximum atomic E-state index is 12.5. The highest BCUT2D eigenvalue weighted by molar-refractivity contribution is 6.32. The van der Waals surface area contributed by atoms with Gasteiger partial charge in [0.05, 0.1) is 6.07 Å². The summed E-state index contributed by atoms with van der Waals surface area (Å²) in [5.74, 6) is -1.85. The molecule has 1 aromatic rings. The van der Waals surface area contributed by atoms with E-state index in [4.69, 9.17) is 11.6 Å². The van der Waals surface area contributed by atoms with E-state index in [9.17, 15) is 20.0 Å². The monoisotopic (exact) mass is 304 g/mol. The van der Waals surface area contributed by atoms with Crippen molar-refractivity contribution in [1.82, 2.24) is 5.32 Å². The standard InChI is InChI=1S/C15H13ClN2O3/c1-3-18-14(21)11-12(19)9-5-4-8(16)6-10(9)15(2,7-17)13(11)20/h4-6,19H,3H2,1-2H3,(H,18,21)/t15-/m1/s1. The number of nitrogens with one attached hydrogen (secondary N) is 1. The van der Waals surface area contributed by atoms with Gasteiger partial charge in [-0.05, 0) is 37.6 Å². The fourth-order valence-electron chi connectivity index (χ4n) is 2.32. The fraction of sp³-hybridized carbons (Fsp3) is 0.267. The van der Waals surface area contributed by atoms with E-state index in [2.05, 4.69) is 5.32 Å². The van der Waals surface area contributed by atoms with Crippen molar-refractivity contribution in [3.05, 3.63) is 39.9 Å². The second kappa shape index (κ2) is 5.23. The molecule has 1 atom stereocenters. The van der Waals surface area contributed by atoms with Crippen LogP contribution in [0.5, 0.6) is 0 Å². The molecule has 0 saturated carbocycles. The molecule has 1 aliphatic carbocycles. The van der Waals surface area contributed by atoms with E-state index in [0.29, 0.717) is 17.1 Å². The first-order valence-corrected chi connectivity index (χ1v) is 6.72. The summed E-state index contributed by atoms with van der Waals surface area (Å²) in [5, 5.41) is 22.5. The van der Waals surface area contributed by atoms with Crippen LogP contribution in [0, 0.1) is 11.3 Å². The Hall–Kier alpha value is -2.32. The lowest BCUT2D eigenvalue weighted by Gasteiger charge is -2.29. The van der Waals surface area contributed by atoms with Crippen LogP contribution < -0.4 is 5.32 Å². The number of rotatable bonds is 2. The summed E-state index contributed by atoms with van der Waals surface area (Å²) in [6.45, 7) is 3.41. The largest absolute Gasteiger partial charge is 0.506 e. The lowest BCUT2D eigenvalue weighted by atomic mass is 9.70. The number of ketones is 1. The number of nitriles is 1. The number of amides is 1. The SMILES string of the molecule is CCNC(=O)C1=C(O)c2ccc(Cl)cc2[C@@](C)(C#N)C1=O. The smallest absolute Gasteiger partial charge is 0.258 e. The molecule has 6 heteroatoms. The van der Waals surface area contributed by atoms with E-state index in [1.54, 1.807) is 6.92 Å². The van der Waals surface area contributed by atoms with Gasteiger partial charge in [-0.3, -0.25) is 9.59 Å². The average molecular weight is 305 g/mol. The number of likely N-dealkylation sites (N-methyl/N-ethyl adjacent to an activating group) is 1. The molecular formula is C15H13ClN2O3. The van der Waals surface area contributed by atoms with Gasteiger partial charge < -0.3 is 10.4 Å². The highest BCUT2D eigenvalue weighted by Gasteiger charge is 2.46. The van der Waals surface area contributed by atoms with Crippen molar-refractivity contribution in [3.8, 4) is 6.07 Å². The summed E-state index contributed by atoms with van der Waals surface area (Å²) in [5.41, 5.74) is -1.39. The van der Waals surface area contributed by atoms with Crippen LogP contribution in [0.25, 0.3) is 5.76 Å². The minimum absolute atomic E-state index is 0.268. The average Bonchev–Trinajstić information content (AvgIpc) is 2.45. The predicted octanol–water partition coefficient (Wildman–Crippen LogP) is 2.11. The molecule has 0 fully saturated rings. The van der Waals surface area contributed by atoms with Crippen molar-refractivity contribution in [2.75, 3.05) is 6.54 Å². The van der Waals surface area contributed by atoms with Crippen molar-refractivity contribution in [2.45, 2.75) is 19.3 Å². The first-order chi connectivity index (χ1) is 9.86. The third kappa shape index (κ3) is 2.18. The van der Waals surface area contributed by atoms with Crippen molar-refractivity contribution >= 4 is 29.1 Å². The van der Waals surface area contributed by atoms with Gasteiger partial charge >= 0.3 is 0 Å². The van der Waals surface area contributed by atoms with Crippen molar-refractivity contribution in [3.63, 3.8) is 0 Å². The van der Waals surface area contributed by atoms with Gasteiger partial charge in [0, 0.05) is 17.1 Å². The van der Waals surface area contributed by atoms with Crippen LogP contribution in [0.4, 0.5) is 0 Å². The van der Waals surface area contributed by atoms with Gasteiger partial charge in [-0.1, -0.05) is 11.6 Å². The number of aliphatic hydroxyl groups excluding tert-OH is 1. The van der Waals surface area contributed by atoms with Gasteiger partial charge in [0.25, 0.3) is 5.91 Å². The first kappa shape index (κ1) is 15.1. The van der Waals surface area contributed by atoms with E-state index < -0.39 is 28.4 Å². The number of fused-ring (bicyclic) bond motifs is 1. The van der Waals surface area contributed by atoms with Crippen LogP contribution in [0.2, 0.25) is 5.02 Å². The molecule has 2 rings (SSSR count). The number of hydrogen-bond acceptors (Lipinski definition) is 4. The Morgan fingerprint density at radius 2 is 2.19 bits per heavy atom. The van der Waals surface area contributed by atoms with E-state index in [0.717, 1.165) is 0 Å². The summed E-state index contributed by atoms with van der Waals surface area (Å²) in [6, 6.07) is 6.41. The van der Waals surface area contributed by atoms with Gasteiger partial charge in [0.15, 0.2) is 5.78 Å². The number of hydrogen-bond donors (Lipinski definition) is 2. The van der Waals surface area contributed by atoms with Crippen molar-refractivity contribution < 1.29 is 14.7 Å². The molecular weight excluding hydrogens is 292 g/mol. The molecule has 0 saturated heterocycles. The lowest BCUT2D eigenvalue weighted by molar-refractivity contribution is -0.124. The van der Waals surface area contributed by atoms with Crippen molar-refractivity contribution in [1.29, 1.82) is 5.26 Å². The molecule has 0 spiro atoms. The summed E-state index contributed by atoms with van der Waals surface area (Å²) in [7, 11) is 0. The molecule has 1 aromatic carbocycles. The predicted molar refractivity (Wildman–Crippen MR) is 77.7 cm³/mol. The summed E-state index contributed by atoms with van der Waals surface area (Å²) in [4.78, 5) is 24.5. The van der Waals surface area contributed by atoms with Gasteiger partial charge in [0.2, 0.25) is 0 Å². The molecule has 5 nitrogen and oxygen atoms in total. The molecule has 1 amide bonds. The molecule has 0 aromatic heterocycles. The molecule has 21 heavy (non-hydrogen) atoms. The summed E-state index contributed by atoms with van der Waals surface area (Å²) < 4.78 is 0. The third-order valence-corrected chi connectivity index (χ3v) is 3.72. The van der Waals surface area contributed by atoms with Crippen LogP contribution in [0.3, 0.4) is 0 Å². The van der Waals surface area contributed by atoms with Crippen LogP contribution >= 0.6 is 11.6 Å².